The van der Waals surface area contributed by atoms with Crippen LogP contribution in [-0.4, -0.2) is 62.7 Å². The molecule has 1 aliphatic rings. The van der Waals surface area contributed by atoms with E-state index >= 15 is 0 Å². The number of anilines is 2. The second-order valence-electron chi connectivity index (χ2n) is 10.9. The number of carbonyl (C=O) groups excluding carboxylic acids is 3. The Balaban J connectivity index is 1.62. The molecule has 3 aromatic carbocycles. The number of benzene rings is 3. The molecule has 1 unspecified atom stereocenters. The number of nitrogens with one attached hydrogen (secondary N) is 1. The van der Waals surface area contributed by atoms with Crippen LogP contribution in [0.2, 0.25) is 0 Å². The van der Waals surface area contributed by atoms with Crippen LogP contribution >= 0.6 is 0 Å². The molecule has 1 N–H and O–H groups in total. The van der Waals surface area contributed by atoms with Gasteiger partial charge >= 0.3 is 5.97 Å². The quantitative estimate of drug-likeness (QED) is 0.154. The molecule has 1 heterocycles. The number of rotatable bonds is 13. The number of hydrogen-bond donors (Lipinski definition) is 1. The van der Waals surface area contributed by atoms with Crippen molar-refractivity contribution in [2.45, 2.75) is 44.9 Å². The molecule has 0 saturated carbocycles. The van der Waals surface area contributed by atoms with Gasteiger partial charge in [-0.05, 0) is 106 Å². The molecule has 0 spiro atoms. The molecule has 0 aliphatic carbocycles. The molecule has 226 valence electrons. The fourth-order valence-electron chi connectivity index (χ4n) is 5.07. The van der Waals surface area contributed by atoms with Gasteiger partial charge in [0.1, 0.15) is 11.7 Å². The summed E-state index contributed by atoms with van der Waals surface area (Å²) < 4.78 is 19.0. The molecular formula is C34H39FN4O4. The third kappa shape index (κ3) is 8.35. The van der Waals surface area contributed by atoms with E-state index in [-0.39, 0.29) is 24.2 Å². The van der Waals surface area contributed by atoms with E-state index < -0.39 is 11.7 Å². The number of esters is 1. The van der Waals surface area contributed by atoms with Crippen LogP contribution < -0.4 is 10.2 Å². The molecule has 0 radical (unpaired) electrons. The summed E-state index contributed by atoms with van der Waals surface area (Å²) in [4.78, 5) is 46.6. The number of carbonyl (C=O) groups is 3. The number of unbranched alkanes of at least 4 members (excludes halogenated alkanes) is 1. The van der Waals surface area contributed by atoms with E-state index in [1.807, 2.05) is 62.6 Å². The highest BCUT2D eigenvalue weighted by atomic mass is 19.1. The van der Waals surface area contributed by atoms with Gasteiger partial charge in [0, 0.05) is 31.3 Å². The number of ether oxygens (including phenoxy) is 1. The van der Waals surface area contributed by atoms with E-state index in [4.69, 9.17) is 9.73 Å². The van der Waals surface area contributed by atoms with Crippen LogP contribution in [0, 0.1) is 5.82 Å². The molecule has 8 nitrogen and oxygen atoms in total. The summed E-state index contributed by atoms with van der Waals surface area (Å²) >= 11 is 0. The fourth-order valence-corrected chi connectivity index (χ4v) is 5.07. The highest BCUT2D eigenvalue weighted by Crippen LogP contribution is 2.37. The van der Waals surface area contributed by atoms with Crippen molar-refractivity contribution in [1.82, 2.24) is 4.90 Å². The molecule has 1 aliphatic heterocycles. The first-order valence-corrected chi connectivity index (χ1v) is 14.6. The van der Waals surface area contributed by atoms with Crippen molar-refractivity contribution in [3.8, 4) is 0 Å². The highest BCUT2D eigenvalue weighted by Gasteiger charge is 2.35. The molecule has 9 heteroatoms. The average molecular weight is 587 g/mol. The predicted octanol–water partition coefficient (Wildman–Crippen LogP) is 5.87. The number of halogens is 1. The van der Waals surface area contributed by atoms with Gasteiger partial charge in [-0.15, -0.1) is 0 Å². The van der Waals surface area contributed by atoms with E-state index in [0.717, 1.165) is 30.6 Å². The van der Waals surface area contributed by atoms with Gasteiger partial charge in [-0.25, -0.2) is 4.39 Å². The summed E-state index contributed by atoms with van der Waals surface area (Å²) in [7, 11) is 5.80. The number of aliphatic imine (C=N–C) groups is 1. The lowest BCUT2D eigenvalue weighted by Crippen LogP contribution is -2.26. The third-order valence-corrected chi connectivity index (χ3v) is 7.37. The monoisotopic (exact) mass is 586 g/mol. The van der Waals surface area contributed by atoms with Gasteiger partial charge in [0.25, 0.3) is 0 Å². The second kappa shape index (κ2) is 14.7. The predicted molar refractivity (Wildman–Crippen MR) is 168 cm³/mol. The van der Waals surface area contributed by atoms with Crippen molar-refractivity contribution in [3.05, 3.63) is 89.2 Å². The normalized spacial score (nSPS) is 14.4. The van der Waals surface area contributed by atoms with Crippen LogP contribution in [0.25, 0.3) is 0 Å². The first-order valence-electron chi connectivity index (χ1n) is 14.6. The Morgan fingerprint density at radius 2 is 1.74 bits per heavy atom. The van der Waals surface area contributed by atoms with E-state index in [9.17, 15) is 18.8 Å². The van der Waals surface area contributed by atoms with Gasteiger partial charge in [0.05, 0.1) is 18.0 Å². The van der Waals surface area contributed by atoms with Gasteiger partial charge in [-0.2, -0.15) is 0 Å². The van der Waals surface area contributed by atoms with Gasteiger partial charge in [-0.1, -0.05) is 24.3 Å². The number of aryl methyl sites for hydroxylation is 1. The smallest absolute Gasteiger partial charge is 0.306 e. The molecule has 43 heavy (non-hydrogen) atoms. The molecule has 3 aromatic rings. The fraction of sp³-hybridized carbons (Fsp3) is 0.353. The Bertz CT molecular complexity index is 1490. The van der Waals surface area contributed by atoms with Gasteiger partial charge in [-0.3, -0.25) is 19.4 Å². The topological polar surface area (TPSA) is 91.3 Å². The minimum absolute atomic E-state index is 0.0433. The molecule has 0 bridgehead atoms. The van der Waals surface area contributed by atoms with Crippen molar-refractivity contribution in [2.75, 3.05) is 44.5 Å². The maximum Gasteiger partial charge on any atom is 0.306 e. The van der Waals surface area contributed by atoms with Gasteiger partial charge < -0.3 is 19.9 Å². The van der Waals surface area contributed by atoms with Crippen molar-refractivity contribution in [3.63, 3.8) is 0 Å². The van der Waals surface area contributed by atoms with E-state index in [1.54, 1.807) is 24.9 Å². The summed E-state index contributed by atoms with van der Waals surface area (Å²) in [5.74, 6) is -1.73. The van der Waals surface area contributed by atoms with Gasteiger partial charge in [0.2, 0.25) is 11.8 Å². The van der Waals surface area contributed by atoms with Crippen LogP contribution in [0.5, 0.6) is 0 Å². The lowest BCUT2D eigenvalue weighted by molar-refractivity contribution is -0.143. The Labute approximate surface area is 252 Å². The zero-order valence-corrected chi connectivity index (χ0v) is 25.2. The minimum Gasteiger partial charge on any atom is -0.466 e. The van der Waals surface area contributed by atoms with Crippen LogP contribution in [0.3, 0.4) is 0 Å². The number of nitrogens with zero attached hydrogens (tertiary/aromatic N) is 3. The first-order chi connectivity index (χ1) is 20.7. The van der Waals surface area contributed by atoms with Crippen molar-refractivity contribution < 1.29 is 23.5 Å². The number of hydrogen-bond acceptors (Lipinski definition) is 6. The summed E-state index contributed by atoms with van der Waals surface area (Å²) in [5.41, 5.74) is 4.52. The molecule has 0 fully saturated rings. The standard InChI is InChI=1S/C34H39FN4O4/c1-5-43-31(41)19-12-23-9-8-10-24(21-23)33(32-28-18-13-25(35)22-29(28)37-34(32)42)36-26-14-16-27(17-15-26)39(4)30(40)11-6-7-20-38(2)3/h8-10,13-18,21-22,32H,5-7,11-12,19-20H2,1-4H3,(H,37,42). The second-order valence-corrected chi connectivity index (χ2v) is 10.9. The van der Waals surface area contributed by atoms with Crippen molar-refractivity contribution in [1.29, 1.82) is 0 Å². The lowest BCUT2D eigenvalue weighted by Gasteiger charge is -2.18. The molecule has 1 atom stereocenters. The van der Waals surface area contributed by atoms with E-state index in [1.165, 1.54) is 12.1 Å². The Hall–Kier alpha value is -4.37. The van der Waals surface area contributed by atoms with E-state index in [0.29, 0.717) is 47.7 Å². The van der Waals surface area contributed by atoms with Crippen LogP contribution in [0.15, 0.2) is 71.7 Å². The maximum absolute atomic E-state index is 14.0. The summed E-state index contributed by atoms with van der Waals surface area (Å²) in [6.45, 7) is 3.04. The van der Waals surface area contributed by atoms with Gasteiger partial charge in [0.15, 0.2) is 0 Å². The highest BCUT2D eigenvalue weighted by molar-refractivity contribution is 6.24. The third-order valence-electron chi connectivity index (χ3n) is 7.37. The maximum atomic E-state index is 14.0. The Kier molecular flexibility index (Phi) is 10.8. The Morgan fingerprint density at radius 3 is 2.47 bits per heavy atom. The number of amides is 2. The minimum atomic E-state index is -0.762. The van der Waals surface area contributed by atoms with Crippen LogP contribution in [-0.2, 0) is 25.5 Å². The molecule has 2 amide bonds. The summed E-state index contributed by atoms with van der Waals surface area (Å²) in [6.07, 6.45) is 2.96. The number of fused-ring (bicyclic) bond motifs is 1. The lowest BCUT2D eigenvalue weighted by atomic mass is 9.89. The first kappa shape index (κ1) is 31.6. The average Bonchev–Trinajstić information content (AvgIpc) is 3.31. The molecule has 4 rings (SSSR count). The zero-order chi connectivity index (χ0) is 30.9. The van der Waals surface area contributed by atoms with E-state index in [2.05, 4.69) is 10.2 Å². The SMILES string of the molecule is CCOC(=O)CCc1cccc(C(=Nc2ccc(N(C)C(=O)CCCCN(C)C)cc2)C2C(=O)Nc3cc(F)ccc32)c1. The summed E-state index contributed by atoms with van der Waals surface area (Å²) in [5, 5.41) is 2.79. The molecular weight excluding hydrogens is 547 g/mol. The zero-order valence-electron chi connectivity index (χ0n) is 25.2. The molecule has 0 saturated heterocycles. The summed E-state index contributed by atoms with van der Waals surface area (Å²) in [6, 6.07) is 19.1. The van der Waals surface area contributed by atoms with Crippen LogP contribution in [0.1, 0.15) is 55.2 Å². The van der Waals surface area contributed by atoms with Crippen LogP contribution in [0.4, 0.5) is 21.5 Å². The van der Waals surface area contributed by atoms with Crippen molar-refractivity contribution in [2.24, 2.45) is 4.99 Å². The van der Waals surface area contributed by atoms with Crippen molar-refractivity contribution >= 4 is 40.6 Å². The molecule has 0 aromatic heterocycles. The largest absolute Gasteiger partial charge is 0.466 e. The Morgan fingerprint density at radius 1 is 0.977 bits per heavy atom.